The number of nitrogens with one attached hydrogen (secondary N) is 6. The Balaban J connectivity index is 0.000000139. The summed E-state index contributed by atoms with van der Waals surface area (Å²) in [7, 11) is 0. The van der Waals surface area contributed by atoms with Crippen LogP contribution < -0.4 is 48.4 Å². The zero-order valence-corrected chi connectivity index (χ0v) is 59.9. The average molecular weight is 1400 g/mol. The summed E-state index contributed by atoms with van der Waals surface area (Å²) >= 11 is 0. The van der Waals surface area contributed by atoms with E-state index in [1.54, 1.807) is 0 Å². The molecule has 6 aliphatic rings. The summed E-state index contributed by atoms with van der Waals surface area (Å²) in [5.74, 6) is 0.546. The van der Waals surface area contributed by atoms with E-state index in [1.807, 2.05) is 134 Å². The monoisotopic (exact) mass is 1400 g/mol. The van der Waals surface area contributed by atoms with Gasteiger partial charge < -0.3 is 29.7 Å². The highest BCUT2D eigenvalue weighted by molar-refractivity contribution is 5.79. The van der Waals surface area contributed by atoms with Gasteiger partial charge in [-0.25, -0.2) is 33.1 Å². The van der Waals surface area contributed by atoms with Crippen LogP contribution in [-0.4, -0.2) is 85.1 Å². The number of anilines is 3. The second kappa shape index (κ2) is 32.6. The zero-order chi connectivity index (χ0) is 72.3. The molecule has 6 N–H and O–H groups in total. The highest BCUT2D eigenvalue weighted by atomic mass is 19.3. The number of halogens is 2. The molecule has 4 atom stereocenters. The van der Waals surface area contributed by atoms with Gasteiger partial charge in [0.1, 0.15) is 11.6 Å². The lowest BCUT2D eigenvalue weighted by Crippen LogP contribution is -2.41. The van der Waals surface area contributed by atoms with Crippen LogP contribution in [0.2, 0.25) is 0 Å². The Bertz CT molecular complexity index is 4950. The first kappa shape index (κ1) is 72.1. The molecule has 0 bridgehead atoms. The van der Waals surface area contributed by atoms with E-state index in [9.17, 15) is 37.5 Å². The molecule has 15 rings (SSSR count). The maximum atomic E-state index is 13.7. The van der Waals surface area contributed by atoms with Crippen molar-refractivity contribution in [1.82, 2.24) is 39.9 Å². The van der Waals surface area contributed by atoms with Gasteiger partial charge in [-0.15, -0.1) is 0 Å². The number of nitrogens with zero attached hydrogens (tertiary/aromatic N) is 5. The van der Waals surface area contributed by atoms with Gasteiger partial charge in [0, 0.05) is 158 Å². The Morgan fingerprint density at radius 2 is 0.827 bits per heavy atom. The van der Waals surface area contributed by atoms with Crippen molar-refractivity contribution in [1.29, 1.82) is 0 Å². The maximum Gasteiger partial charge on any atom is 0.325 e. The van der Waals surface area contributed by atoms with Crippen LogP contribution in [0.1, 0.15) is 202 Å². The van der Waals surface area contributed by atoms with Crippen LogP contribution in [-0.2, 0) is 19.3 Å². The molecule has 9 aromatic rings. The SMILES string of the molecule is CC1(C)CCCN(c2ncccc2C2=CCC(c3[nH]c(=O)[nH]c(=O)c3Cc3ccccc3)CC2)C1.C[C@@H]1CCCN(c2ncccc2C2=CCC(c3[nH]c(=O)[nH]c(=O)c3Cc3ccccc3)CC2)C1.O=c1[nH]c(C2CC=C(c3ccccc3N3CCC(F)(F)CC3)CC2)c(Cc2ccccc2)c(=O)[nH]1. The van der Waals surface area contributed by atoms with Crippen molar-refractivity contribution in [3.05, 3.63) is 300 Å². The molecule has 0 spiro atoms. The number of alkyl halides is 2. The van der Waals surface area contributed by atoms with Crippen molar-refractivity contribution in [2.45, 2.75) is 160 Å². The Morgan fingerprint density at radius 3 is 1.24 bits per heavy atom. The van der Waals surface area contributed by atoms with Crippen LogP contribution >= 0.6 is 0 Å². The minimum atomic E-state index is -2.58. The molecule has 0 saturated carbocycles. The summed E-state index contributed by atoms with van der Waals surface area (Å²) < 4.78 is 27.4. The molecule has 0 amide bonds. The lowest BCUT2D eigenvalue weighted by Gasteiger charge is -2.39. The minimum absolute atomic E-state index is 0.0355. The fraction of sp³-hybridized carbons (Fsp3) is 0.388. The molecular weight excluding hydrogens is 1310 g/mol. The van der Waals surface area contributed by atoms with Gasteiger partial charge in [0.15, 0.2) is 0 Å². The molecule has 4 aromatic carbocycles. The fourth-order valence-electron chi connectivity index (χ4n) is 16.5. The number of para-hydroxylation sites is 1. The quantitative estimate of drug-likeness (QED) is 0.0565. The maximum absolute atomic E-state index is 13.7. The van der Waals surface area contributed by atoms with Gasteiger partial charge in [0.05, 0.1) is 0 Å². The number of hydrogen-bond acceptors (Lipinski definition) is 11. The number of hydrogen-bond donors (Lipinski definition) is 6. The van der Waals surface area contributed by atoms with E-state index in [-0.39, 0.29) is 47.3 Å². The van der Waals surface area contributed by atoms with E-state index in [0.717, 1.165) is 129 Å². The number of H-pyrrole nitrogens is 6. The van der Waals surface area contributed by atoms with Gasteiger partial charge in [-0.05, 0) is 159 Å². The van der Waals surface area contributed by atoms with Gasteiger partial charge in [0.25, 0.3) is 22.6 Å². The Morgan fingerprint density at radius 1 is 0.433 bits per heavy atom. The van der Waals surface area contributed by atoms with E-state index < -0.39 is 23.0 Å². The molecule has 0 radical (unpaired) electrons. The molecule has 8 heterocycles. The van der Waals surface area contributed by atoms with Crippen LogP contribution in [0.25, 0.3) is 16.7 Å². The summed E-state index contributed by atoms with van der Waals surface area (Å²) in [6, 6.07) is 46.0. The number of benzene rings is 4. The van der Waals surface area contributed by atoms with Crippen molar-refractivity contribution in [2.24, 2.45) is 11.3 Å². The Kier molecular flexibility index (Phi) is 22.6. The molecule has 17 nitrogen and oxygen atoms in total. The van der Waals surface area contributed by atoms with Gasteiger partial charge in [-0.2, -0.15) is 0 Å². The van der Waals surface area contributed by atoms with Crippen molar-refractivity contribution >= 4 is 34.0 Å². The number of rotatable bonds is 15. The Labute approximate surface area is 604 Å². The first-order valence-corrected chi connectivity index (χ1v) is 37.3. The van der Waals surface area contributed by atoms with E-state index >= 15 is 0 Å². The van der Waals surface area contributed by atoms with Gasteiger partial charge in [-0.3, -0.25) is 29.3 Å². The summed E-state index contributed by atoms with van der Waals surface area (Å²) in [6.07, 6.45) is 24.1. The first-order valence-electron chi connectivity index (χ1n) is 37.3. The normalized spacial score (nSPS) is 20.2. The van der Waals surface area contributed by atoms with Crippen LogP contribution in [0.15, 0.2) is 199 Å². The summed E-state index contributed by atoms with van der Waals surface area (Å²) in [5, 5.41) is 0. The molecule has 3 aliphatic heterocycles. The van der Waals surface area contributed by atoms with Gasteiger partial charge in [-0.1, -0.05) is 148 Å². The van der Waals surface area contributed by atoms with Gasteiger partial charge in [0.2, 0.25) is 0 Å². The largest absolute Gasteiger partial charge is 0.371 e. The molecule has 3 unspecified atom stereocenters. The smallest absolute Gasteiger partial charge is 0.325 e. The number of aromatic amines is 6. The molecule has 3 aliphatic carbocycles. The predicted octanol–water partition coefficient (Wildman–Crippen LogP) is 14.9. The molecule has 19 heteroatoms. The lowest BCUT2D eigenvalue weighted by molar-refractivity contribution is -0.0220. The second-order valence-corrected chi connectivity index (χ2v) is 30.0. The molecule has 104 heavy (non-hydrogen) atoms. The molecule has 3 saturated heterocycles. The topological polar surface area (TPSA) is 233 Å². The first-order chi connectivity index (χ1) is 50.4. The number of allylic oxidation sites excluding steroid dienone is 6. The molecule has 5 aromatic heterocycles. The summed E-state index contributed by atoms with van der Waals surface area (Å²) in [4.78, 5) is 107. The highest BCUT2D eigenvalue weighted by Crippen LogP contribution is 2.44. The predicted molar refractivity (Wildman–Crippen MR) is 412 cm³/mol. The zero-order valence-electron chi connectivity index (χ0n) is 59.9. The lowest BCUT2D eigenvalue weighted by atomic mass is 9.82. The van der Waals surface area contributed by atoms with Crippen LogP contribution in [0.4, 0.5) is 26.1 Å². The molecule has 3 fully saturated rings. The van der Waals surface area contributed by atoms with Crippen molar-refractivity contribution in [2.75, 3.05) is 54.0 Å². The third-order valence-corrected chi connectivity index (χ3v) is 21.9. The van der Waals surface area contributed by atoms with Crippen LogP contribution in [0, 0.1) is 11.3 Å². The summed E-state index contributed by atoms with van der Waals surface area (Å²) in [5.41, 5.74) is 13.7. The standard InChI is InChI=1S/C29H34N4O2.C28H29F2N3O2.C28H32N4O2/c1-29(2)15-7-17-33(19-29)26-23(10-6-16-30-26)21-11-13-22(14-12-21)25-24(27(34)32-28(35)31-25)18-20-8-4-3-5-9-20;29-28(30)14-16-33(17-15-28)24-9-5-4-8-22(24)20-10-12-21(13-11-20)25-23(26(34)32-27(35)31-25)18-19-6-2-1-3-7-19;1-19-7-6-16-32(18-19)26-23(10-5-15-29-26)21-11-13-22(14-12-21)25-24(27(33)31-28(34)30-25)17-20-8-3-2-4-9-20/h3-6,8-11,16,22H,7,12-15,17-19H2,1-2H3,(H2,31,32,34,35);1-10,21H,11-18H2,(H2,31,32,34,35);2-5,8-11,15,19,22H,6-7,12-14,16-18H2,1H3,(H2,30,31,33,34)/t;;19-,22?/m..1/s1. The minimum Gasteiger partial charge on any atom is -0.371 e. The van der Waals surface area contributed by atoms with Crippen molar-refractivity contribution < 1.29 is 8.78 Å². The third kappa shape index (κ3) is 17.7. The van der Waals surface area contributed by atoms with Crippen LogP contribution in [0.3, 0.4) is 0 Å². The van der Waals surface area contributed by atoms with E-state index in [2.05, 4.69) is 102 Å². The van der Waals surface area contributed by atoms with E-state index in [0.29, 0.717) is 72.5 Å². The third-order valence-electron chi connectivity index (χ3n) is 21.9. The van der Waals surface area contributed by atoms with Gasteiger partial charge >= 0.3 is 17.1 Å². The number of aromatic nitrogens is 8. The Hall–Kier alpha value is -10.3. The van der Waals surface area contributed by atoms with Crippen molar-refractivity contribution in [3.8, 4) is 0 Å². The molecular formula is C85H95F2N11O6. The fourth-order valence-corrected chi connectivity index (χ4v) is 16.5. The summed E-state index contributed by atoms with van der Waals surface area (Å²) in [6.45, 7) is 11.8. The van der Waals surface area contributed by atoms with E-state index in [4.69, 9.17) is 9.97 Å². The second-order valence-electron chi connectivity index (χ2n) is 30.0. The number of pyridine rings is 2. The number of piperidine rings is 3. The molecule has 540 valence electrons. The van der Waals surface area contributed by atoms with Crippen LogP contribution in [0.5, 0.6) is 0 Å². The van der Waals surface area contributed by atoms with E-state index in [1.165, 1.54) is 53.5 Å². The average Bonchev–Trinajstić information content (AvgIpc) is 0.805. The highest BCUT2D eigenvalue weighted by Gasteiger charge is 2.36. The van der Waals surface area contributed by atoms with Crippen molar-refractivity contribution in [3.63, 3.8) is 0 Å².